The summed E-state index contributed by atoms with van der Waals surface area (Å²) in [4.78, 5) is 0. The maximum Gasteiger partial charge on any atom is 0.139 e. The summed E-state index contributed by atoms with van der Waals surface area (Å²) in [6.07, 6.45) is 2.59. The molecule has 0 atom stereocenters. The highest BCUT2D eigenvalue weighted by Crippen LogP contribution is 2.16. The Hall–Kier alpha value is -0.580. The first kappa shape index (κ1) is 13.5. The monoisotopic (exact) mass is 246 g/mol. The van der Waals surface area contributed by atoms with E-state index in [2.05, 4.69) is 10.5 Å². The number of nitrogens with zero attached hydrogens (tertiary/aromatic N) is 1. The van der Waals surface area contributed by atoms with Crippen molar-refractivity contribution in [2.75, 3.05) is 13.1 Å². The second-order valence-electron chi connectivity index (χ2n) is 4.06. The molecule has 4 nitrogen and oxygen atoms in total. The smallest absolute Gasteiger partial charge is 0.139 e. The summed E-state index contributed by atoms with van der Waals surface area (Å²) in [5.74, 6) is 0.876. The van der Waals surface area contributed by atoms with Gasteiger partial charge < -0.3 is 14.6 Å². The number of aromatic nitrogens is 1. The van der Waals surface area contributed by atoms with Crippen LogP contribution in [-0.2, 0) is 11.3 Å². The average molecular weight is 247 g/mol. The van der Waals surface area contributed by atoms with Crippen LogP contribution in [0.2, 0.25) is 0 Å². The van der Waals surface area contributed by atoms with E-state index in [1.54, 1.807) is 0 Å². The van der Waals surface area contributed by atoms with Crippen molar-refractivity contribution in [1.29, 1.82) is 0 Å². The van der Waals surface area contributed by atoms with Gasteiger partial charge in [-0.05, 0) is 39.8 Å². The molecule has 1 aliphatic heterocycles. The van der Waals surface area contributed by atoms with Gasteiger partial charge >= 0.3 is 0 Å². The van der Waals surface area contributed by atoms with E-state index in [1.807, 2.05) is 13.8 Å². The van der Waals surface area contributed by atoms with Crippen LogP contribution in [0.1, 0.15) is 29.9 Å². The molecule has 0 aliphatic carbocycles. The van der Waals surface area contributed by atoms with Crippen LogP contribution in [-0.4, -0.2) is 24.4 Å². The summed E-state index contributed by atoms with van der Waals surface area (Å²) in [6.45, 7) is 6.64. The van der Waals surface area contributed by atoms with Crippen LogP contribution in [0.25, 0.3) is 0 Å². The third-order valence-corrected chi connectivity index (χ3v) is 2.93. The predicted molar refractivity (Wildman–Crippen MR) is 63.9 cm³/mol. The van der Waals surface area contributed by atoms with Crippen LogP contribution in [0.15, 0.2) is 4.52 Å². The highest BCUT2D eigenvalue weighted by molar-refractivity contribution is 5.85. The molecule has 92 valence electrons. The molecule has 0 radical (unpaired) electrons. The van der Waals surface area contributed by atoms with E-state index >= 15 is 0 Å². The molecule has 16 heavy (non-hydrogen) atoms. The van der Waals surface area contributed by atoms with Gasteiger partial charge in [0, 0.05) is 5.56 Å². The normalized spacial score (nSPS) is 17.1. The Labute approximate surface area is 102 Å². The van der Waals surface area contributed by atoms with E-state index in [0.29, 0.717) is 12.7 Å². The van der Waals surface area contributed by atoms with Crippen LogP contribution < -0.4 is 5.32 Å². The third kappa shape index (κ3) is 3.20. The molecule has 1 saturated heterocycles. The molecule has 0 aromatic carbocycles. The van der Waals surface area contributed by atoms with Gasteiger partial charge in [0.1, 0.15) is 5.76 Å². The van der Waals surface area contributed by atoms with Crippen molar-refractivity contribution in [1.82, 2.24) is 10.5 Å². The molecular weight excluding hydrogens is 228 g/mol. The summed E-state index contributed by atoms with van der Waals surface area (Å²) in [6, 6.07) is 0. The van der Waals surface area contributed by atoms with Crippen molar-refractivity contribution >= 4 is 12.4 Å². The Kier molecular flexibility index (Phi) is 5.25. The van der Waals surface area contributed by atoms with Crippen molar-refractivity contribution in [3.05, 3.63) is 17.0 Å². The highest BCUT2D eigenvalue weighted by Gasteiger charge is 2.15. The number of aryl methyl sites for hydroxylation is 2. The minimum atomic E-state index is 0. The SMILES string of the molecule is Cc1noc(C)c1COC1CCNCC1.Cl. The lowest BCUT2D eigenvalue weighted by Gasteiger charge is -2.22. The lowest BCUT2D eigenvalue weighted by Crippen LogP contribution is -2.32. The first-order valence-electron chi connectivity index (χ1n) is 5.51. The molecule has 2 rings (SSSR count). The summed E-state index contributed by atoms with van der Waals surface area (Å²) in [5, 5.41) is 7.23. The van der Waals surface area contributed by atoms with Gasteiger partial charge in [-0.1, -0.05) is 5.16 Å². The number of rotatable bonds is 3. The summed E-state index contributed by atoms with van der Waals surface area (Å²) in [7, 11) is 0. The Morgan fingerprint density at radius 3 is 2.62 bits per heavy atom. The quantitative estimate of drug-likeness (QED) is 0.886. The predicted octanol–water partition coefficient (Wildman–Crippen LogP) is 1.98. The molecule has 5 heteroatoms. The zero-order valence-electron chi connectivity index (χ0n) is 9.78. The number of nitrogens with one attached hydrogen (secondary N) is 1. The highest BCUT2D eigenvalue weighted by atomic mass is 35.5. The molecule has 2 heterocycles. The molecule has 1 fully saturated rings. The van der Waals surface area contributed by atoms with Crippen LogP contribution in [0.3, 0.4) is 0 Å². The van der Waals surface area contributed by atoms with E-state index in [0.717, 1.165) is 42.9 Å². The van der Waals surface area contributed by atoms with Crippen molar-refractivity contribution in [2.45, 2.75) is 39.4 Å². The Morgan fingerprint density at radius 1 is 1.38 bits per heavy atom. The molecule has 0 unspecified atom stereocenters. The van der Waals surface area contributed by atoms with Crippen molar-refractivity contribution in [2.24, 2.45) is 0 Å². The molecule has 1 aromatic rings. The molecule has 0 saturated carbocycles. The van der Waals surface area contributed by atoms with Gasteiger partial charge in [-0.3, -0.25) is 0 Å². The van der Waals surface area contributed by atoms with Crippen molar-refractivity contribution in [3.63, 3.8) is 0 Å². The van der Waals surface area contributed by atoms with Crippen molar-refractivity contribution < 1.29 is 9.26 Å². The second kappa shape index (κ2) is 6.23. The molecular formula is C11H19ClN2O2. The molecule has 1 N–H and O–H groups in total. The number of piperidine rings is 1. The van der Waals surface area contributed by atoms with Gasteiger partial charge in [0.15, 0.2) is 0 Å². The lowest BCUT2D eigenvalue weighted by atomic mass is 10.1. The maximum atomic E-state index is 5.85. The van der Waals surface area contributed by atoms with Crippen molar-refractivity contribution in [3.8, 4) is 0 Å². The van der Waals surface area contributed by atoms with Gasteiger partial charge in [0.25, 0.3) is 0 Å². The lowest BCUT2D eigenvalue weighted by molar-refractivity contribution is 0.0205. The summed E-state index contributed by atoms with van der Waals surface area (Å²) >= 11 is 0. The Balaban J connectivity index is 0.00000128. The zero-order valence-corrected chi connectivity index (χ0v) is 10.6. The molecule has 1 aromatic heterocycles. The van der Waals surface area contributed by atoms with Gasteiger partial charge in [-0.2, -0.15) is 0 Å². The summed E-state index contributed by atoms with van der Waals surface area (Å²) < 4.78 is 10.9. The third-order valence-electron chi connectivity index (χ3n) is 2.93. The van der Waals surface area contributed by atoms with Gasteiger partial charge in [0.2, 0.25) is 0 Å². The number of ether oxygens (including phenoxy) is 1. The molecule has 0 amide bonds. The number of hydrogen-bond donors (Lipinski definition) is 1. The van der Waals surface area contributed by atoms with E-state index < -0.39 is 0 Å². The maximum absolute atomic E-state index is 5.85. The van der Waals surface area contributed by atoms with E-state index in [1.165, 1.54) is 0 Å². The van der Waals surface area contributed by atoms with E-state index in [-0.39, 0.29) is 12.4 Å². The standard InChI is InChI=1S/C11H18N2O2.ClH/c1-8-11(9(2)15-13-8)7-14-10-3-5-12-6-4-10;/h10,12H,3-7H2,1-2H3;1H. The van der Waals surface area contributed by atoms with Crippen LogP contribution >= 0.6 is 12.4 Å². The molecule has 0 bridgehead atoms. The van der Waals surface area contributed by atoms with Gasteiger partial charge in [-0.25, -0.2) is 0 Å². The second-order valence-corrected chi connectivity index (χ2v) is 4.06. The van der Waals surface area contributed by atoms with Gasteiger partial charge in [-0.15, -0.1) is 12.4 Å². The Morgan fingerprint density at radius 2 is 2.06 bits per heavy atom. The average Bonchev–Trinajstić information content (AvgIpc) is 2.58. The largest absolute Gasteiger partial charge is 0.373 e. The van der Waals surface area contributed by atoms with Crippen LogP contribution in [0, 0.1) is 13.8 Å². The van der Waals surface area contributed by atoms with Crippen LogP contribution in [0.4, 0.5) is 0 Å². The first-order chi connectivity index (χ1) is 7.27. The van der Waals surface area contributed by atoms with Crippen LogP contribution in [0.5, 0.6) is 0 Å². The summed E-state index contributed by atoms with van der Waals surface area (Å²) in [5.41, 5.74) is 2.05. The fourth-order valence-corrected chi connectivity index (χ4v) is 1.87. The topological polar surface area (TPSA) is 47.3 Å². The molecule has 0 spiro atoms. The zero-order chi connectivity index (χ0) is 10.7. The van der Waals surface area contributed by atoms with E-state index in [4.69, 9.17) is 9.26 Å². The minimum Gasteiger partial charge on any atom is -0.373 e. The van der Waals surface area contributed by atoms with E-state index in [9.17, 15) is 0 Å². The minimum absolute atomic E-state index is 0. The first-order valence-corrected chi connectivity index (χ1v) is 5.51. The fourth-order valence-electron chi connectivity index (χ4n) is 1.87. The number of halogens is 1. The van der Waals surface area contributed by atoms with Gasteiger partial charge in [0.05, 0.1) is 18.4 Å². The Bertz CT molecular complexity index is 302. The fraction of sp³-hybridized carbons (Fsp3) is 0.727. The number of hydrogen-bond acceptors (Lipinski definition) is 4. The molecule has 1 aliphatic rings.